The molecule has 5 nitrogen and oxygen atoms in total. The lowest BCUT2D eigenvalue weighted by molar-refractivity contribution is -0.127. The lowest BCUT2D eigenvalue weighted by atomic mass is 10.4. The van der Waals surface area contributed by atoms with Gasteiger partial charge in [-0.3, -0.25) is 4.79 Å². The zero-order valence-electron chi connectivity index (χ0n) is 8.41. The molecule has 1 rings (SSSR count). The maximum atomic E-state index is 11.2. The van der Waals surface area contributed by atoms with Crippen molar-refractivity contribution in [1.29, 1.82) is 0 Å². The molecule has 1 heterocycles. The molecular formula is C8H15BrN2O3S. The van der Waals surface area contributed by atoms with E-state index in [1.54, 1.807) is 4.90 Å². The van der Waals surface area contributed by atoms with Crippen LogP contribution < -0.4 is 4.72 Å². The van der Waals surface area contributed by atoms with E-state index >= 15 is 0 Å². The van der Waals surface area contributed by atoms with Crippen LogP contribution in [-0.2, 0) is 14.8 Å². The van der Waals surface area contributed by atoms with Crippen molar-refractivity contribution in [2.75, 3.05) is 24.3 Å². The van der Waals surface area contributed by atoms with Gasteiger partial charge in [-0.25, -0.2) is 13.1 Å². The number of nitrogens with zero attached hydrogens (tertiary/aromatic N) is 1. The van der Waals surface area contributed by atoms with Gasteiger partial charge in [-0.15, -0.1) is 0 Å². The van der Waals surface area contributed by atoms with E-state index in [0.717, 1.165) is 13.0 Å². The minimum Gasteiger partial charge on any atom is -0.343 e. The molecule has 0 aromatic rings. The highest BCUT2D eigenvalue weighted by Gasteiger charge is 2.19. The number of carbonyl (C=O) groups is 1. The predicted molar refractivity (Wildman–Crippen MR) is 61.1 cm³/mol. The van der Waals surface area contributed by atoms with Crippen molar-refractivity contribution in [2.24, 2.45) is 0 Å². The van der Waals surface area contributed by atoms with Gasteiger partial charge in [-0.2, -0.15) is 0 Å². The van der Waals surface area contributed by atoms with Crippen LogP contribution in [0.15, 0.2) is 0 Å². The van der Waals surface area contributed by atoms with Crippen molar-refractivity contribution in [2.45, 2.75) is 19.3 Å². The summed E-state index contributed by atoms with van der Waals surface area (Å²) >= 11 is 2.88. The molecule has 7 heteroatoms. The van der Waals surface area contributed by atoms with Crippen LogP contribution in [0.5, 0.6) is 0 Å². The second-order valence-corrected chi connectivity index (χ2v) is 6.57. The normalized spacial score (nSPS) is 17.4. The molecule has 0 unspecified atom stereocenters. The molecule has 1 amide bonds. The third-order valence-electron chi connectivity index (χ3n) is 2.24. The van der Waals surface area contributed by atoms with Crippen molar-refractivity contribution in [1.82, 2.24) is 9.62 Å². The Kier molecular flexibility index (Phi) is 5.01. The van der Waals surface area contributed by atoms with E-state index in [0.29, 0.717) is 25.9 Å². The van der Waals surface area contributed by atoms with Gasteiger partial charge in [-0.1, -0.05) is 15.9 Å². The van der Waals surface area contributed by atoms with Crippen LogP contribution in [0.4, 0.5) is 0 Å². The Morgan fingerprint density at radius 3 is 2.73 bits per heavy atom. The number of nitrogens with one attached hydrogen (secondary N) is 1. The van der Waals surface area contributed by atoms with Crippen LogP contribution in [0.1, 0.15) is 19.3 Å². The van der Waals surface area contributed by atoms with Crippen LogP contribution in [0, 0.1) is 0 Å². The first-order chi connectivity index (χ1) is 7.05. The molecule has 0 aromatic heterocycles. The van der Waals surface area contributed by atoms with Crippen LogP contribution in [0.3, 0.4) is 0 Å². The second kappa shape index (κ2) is 5.81. The lowest BCUT2D eigenvalue weighted by Gasteiger charge is -2.14. The fourth-order valence-corrected chi connectivity index (χ4v) is 2.49. The molecule has 0 bridgehead atoms. The van der Waals surface area contributed by atoms with Gasteiger partial charge in [0, 0.05) is 26.1 Å². The van der Waals surface area contributed by atoms with Gasteiger partial charge in [-0.05, 0) is 12.8 Å². The highest BCUT2D eigenvalue weighted by atomic mass is 79.9. The summed E-state index contributed by atoms with van der Waals surface area (Å²) in [5, 5.41) is 0. The summed E-state index contributed by atoms with van der Waals surface area (Å²) in [6, 6.07) is 0. The Hall–Kier alpha value is -0.140. The molecule has 1 aliphatic rings. The van der Waals surface area contributed by atoms with Crippen molar-refractivity contribution in [3.63, 3.8) is 0 Å². The van der Waals surface area contributed by atoms with Gasteiger partial charge < -0.3 is 4.90 Å². The smallest absolute Gasteiger partial charge is 0.222 e. The van der Waals surface area contributed by atoms with Gasteiger partial charge in [0.1, 0.15) is 4.66 Å². The fraction of sp³-hybridized carbons (Fsp3) is 0.875. The standard InChI is InChI=1S/C8H15BrN2O3S/c9-7-15(13,14)10-4-2-6-11-5-1-3-8(11)12/h10H,1-7H2. The van der Waals surface area contributed by atoms with E-state index in [4.69, 9.17) is 0 Å². The van der Waals surface area contributed by atoms with Crippen LogP contribution in [-0.4, -0.2) is 43.5 Å². The summed E-state index contributed by atoms with van der Waals surface area (Å²) < 4.78 is 24.4. The number of alkyl halides is 1. The minimum atomic E-state index is -3.17. The van der Waals surface area contributed by atoms with Crippen molar-refractivity contribution in [3.05, 3.63) is 0 Å². The molecule has 0 saturated carbocycles. The molecular weight excluding hydrogens is 284 g/mol. The SMILES string of the molecule is O=C1CCCN1CCCNS(=O)(=O)CBr. The number of rotatable bonds is 6. The molecule has 15 heavy (non-hydrogen) atoms. The van der Waals surface area contributed by atoms with Crippen LogP contribution in [0.25, 0.3) is 0 Å². The molecule has 1 N–H and O–H groups in total. The first-order valence-electron chi connectivity index (χ1n) is 4.86. The zero-order chi connectivity index (χ0) is 11.3. The van der Waals surface area contributed by atoms with Crippen LogP contribution >= 0.6 is 15.9 Å². The van der Waals surface area contributed by atoms with Gasteiger partial charge in [0.2, 0.25) is 15.9 Å². The van der Waals surface area contributed by atoms with Crippen molar-refractivity contribution in [3.8, 4) is 0 Å². The quantitative estimate of drug-likeness (QED) is 0.565. The summed E-state index contributed by atoms with van der Waals surface area (Å²) in [6.45, 7) is 1.84. The minimum absolute atomic E-state index is 0.0807. The van der Waals surface area contributed by atoms with E-state index in [1.165, 1.54) is 0 Å². The number of hydrogen-bond donors (Lipinski definition) is 1. The Morgan fingerprint density at radius 1 is 1.47 bits per heavy atom. The van der Waals surface area contributed by atoms with Crippen molar-refractivity contribution >= 4 is 31.9 Å². The number of halogens is 1. The Morgan fingerprint density at radius 2 is 2.20 bits per heavy atom. The summed E-state index contributed by atoms with van der Waals surface area (Å²) in [7, 11) is -3.17. The molecule has 0 atom stereocenters. The van der Waals surface area contributed by atoms with Gasteiger partial charge in [0.05, 0.1) is 0 Å². The third-order valence-corrected chi connectivity index (χ3v) is 4.98. The largest absolute Gasteiger partial charge is 0.343 e. The van der Waals surface area contributed by atoms with Crippen molar-refractivity contribution < 1.29 is 13.2 Å². The number of carbonyl (C=O) groups excluding carboxylic acids is 1. The molecule has 1 fully saturated rings. The van der Waals surface area contributed by atoms with E-state index in [-0.39, 0.29) is 10.6 Å². The lowest BCUT2D eigenvalue weighted by Crippen LogP contribution is -2.30. The number of likely N-dealkylation sites (tertiary alicyclic amines) is 1. The van der Waals surface area contributed by atoms with Gasteiger partial charge >= 0.3 is 0 Å². The number of sulfonamides is 1. The average Bonchev–Trinajstić information content (AvgIpc) is 2.59. The average molecular weight is 299 g/mol. The monoisotopic (exact) mass is 298 g/mol. The van der Waals surface area contributed by atoms with Gasteiger partial charge in [0.15, 0.2) is 0 Å². The third kappa shape index (κ3) is 4.48. The molecule has 0 aliphatic carbocycles. The topological polar surface area (TPSA) is 66.5 Å². The summed E-state index contributed by atoms with van der Waals surface area (Å²) in [5.41, 5.74) is 0. The molecule has 0 spiro atoms. The highest BCUT2D eigenvalue weighted by Crippen LogP contribution is 2.09. The first-order valence-corrected chi connectivity index (χ1v) is 7.63. The second-order valence-electron chi connectivity index (χ2n) is 3.46. The van der Waals surface area contributed by atoms with E-state index in [2.05, 4.69) is 20.7 Å². The summed E-state index contributed by atoms with van der Waals surface area (Å²) in [6.07, 6.45) is 2.22. The molecule has 1 saturated heterocycles. The Balaban J connectivity index is 2.14. The maximum absolute atomic E-state index is 11.2. The number of hydrogen-bond acceptors (Lipinski definition) is 3. The molecule has 0 radical (unpaired) electrons. The Bertz CT molecular complexity index is 318. The Labute approximate surface area is 98.4 Å². The summed E-state index contributed by atoms with van der Waals surface area (Å²) in [4.78, 5) is 13.0. The molecule has 0 aromatic carbocycles. The summed E-state index contributed by atoms with van der Waals surface area (Å²) in [5.74, 6) is 0.179. The maximum Gasteiger partial charge on any atom is 0.222 e. The van der Waals surface area contributed by atoms with E-state index in [9.17, 15) is 13.2 Å². The van der Waals surface area contributed by atoms with E-state index < -0.39 is 10.0 Å². The van der Waals surface area contributed by atoms with E-state index in [1.807, 2.05) is 0 Å². The van der Waals surface area contributed by atoms with Crippen LogP contribution in [0.2, 0.25) is 0 Å². The fourth-order valence-electron chi connectivity index (χ4n) is 1.48. The molecule has 88 valence electrons. The van der Waals surface area contributed by atoms with Gasteiger partial charge in [0.25, 0.3) is 0 Å². The first kappa shape index (κ1) is 12.9. The highest BCUT2D eigenvalue weighted by molar-refractivity contribution is 9.10. The molecule has 1 aliphatic heterocycles. The number of amides is 1. The predicted octanol–water partition coefficient (Wildman–Crippen LogP) is 0.271. The zero-order valence-corrected chi connectivity index (χ0v) is 10.8.